The third kappa shape index (κ3) is 3.05. The van der Waals surface area contributed by atoms with Crippen molar-refractivity contribution >= 4 is 39.7 Å². The Labute approximate surface area is 214 Å². The van der Waals surface area contributed by atoms with Crippen LogP contribution in [0.4, 0.5) is 35.1 Å². The second-order valence-corrected chi connectivity index (χ2v) is 24.5. The van der Waals surface area contributed by atoms with Gasteiger partial charge in [-0.1, -0.05) is 62.8 Å². The van der Waals surface area contributed by atoms with Crippen molar-refractivity contribution in [3.8, 4) is 0 Å². The van der Waals surface area contributed by atoms with Gasteiger partial charge < -0.3 is 9.47 Å². The van der Waals surface area contributed by atoms with Crippen molar-refractivity contribution in [1.29, 1.82) is 0 Å². The predicted molar refractivity (Wildman–Crippen MR) is 131 cm³/mol. The molecular weight excluding hydrogens is 569 g/mol. The normalized spacial score (nSPS) is 34.2. The molecule has 2 atom stereocenters. The van der Waals surface area contributed by atoms with Crippen molar-refractivity contribution in [2.75, 3.05) is 14.2 Å². The monoisotopic (exact) mass is 594 g/mol. The third-order valence-corrected chi connectivity index (χ3v) is 17.1. The van der Waals surface area contributed by atoms with E-state index in [-0.39, 0.29) is 0 Å². The summed E-state index contributed by atoms with van der Waals surface area (Å²) < 4.78 is 134. The van der Waals surface area contributed by atoms with Crippen molar-refractivity contribution in [2.24, 2.45) is 0 Å². The molecule has 0 spiro atoms. The third-order valence-electron chi connectivity index (χ3n) is 6.85. The largest absolute Gasteiger partial charge is 0.382 e. The number of rotatable bonds is 4. The molecular formula is C22H26F8O2S2Si2. The molecule has 36 heavy (non-hydrogen) atoms. The number of methoxy groups -OCH3 is 2. The van der Waals surface area contributed by atoms with E-state index in [4.69, 9.17) is 9.47 Å². The van der Waals surface area contributed by atoms with Crippen LogP contribution in [0, 0.1) is 0 Å². The lowest BCUT2D eigenvalue weighted by Gasteiger charge is -2.54. The van der Waals surface area contributed by atoms with Gasteiger partial charge >= 0.3 is 23.7 Å². The minimum Gasteiger partial charge on any atom is -0.358 e. The Balaban J connectivity index is 2.27. The Bertz CT molecular complexity index is 1070. The van der Waals surface area contributed by atoms with Crippen LogP contribution in [0.2, 0.25) is 39.3 Å². The first-order chi connectivity index (χ1) is 16.0. The van der Waals surface area contributed by atoms with Crippen molar-refractivity contribution < 1.29 is 44.6 Å². The average Bonchev–Trinajstić information content (AvgIpc) is 3.31. The molecule has 2 nitrogen and oxygen atoms in total. The maximum absolute atomic E-state index is 15.5. The van der Waals surface area contributed by atoms with Crippen LogP contribution in [0.1, 0.15) is 0 Å². The highest BCUT2D eigenvalue weighted by Gasteiger charge is 2.89. The molecule has 0 aromatic heterocycles. The lowest BCUT2D eigenvalue weighted by Crippen LogP contribution is -2.70. The van der Waals surface area contributed by atoms with Gasteiger partial charge in [-0.25, -0.2) is 0 Å². The number of thioether (sulfide) groups is 2. The Hall–Kier alpha value is -0.546. The van der Waals surface area contributed by atoms with Crippen LogP contribution in [-0.4, -0.2) is 63.9 Å². The fraction of sp³-hybridized carbons (Fsp3) is 0.636. The minimum atomic E-state index is -6.36. The molecule has 2 aliphatic carbocycles. The fourth-order valence-corrected chi connectivity index (χ4v) is 11.9. The second kappa shape index (κ2) is 7.55. The highest BCUT2D eigenvalue weighted by Crippen LogP contribution is 2.75. The molecule has 202 valence electrons. The van der Waals surface area contributed by atoms with E-state index in [0.717, 1.165) is 49.9 Å². The van der Waals surface area contributed by atoms with Gasteiger partial charge in [0, 0.05) is 36.5 Å². The Morgan fingerprint density at radius 3 is 1.08 bits per heavy atom. The molecule has 14 heteroatoms. The Morgan fingerprint density at radius 2 is 0.861 bits per heavy atom. The average molecular weight is 595 g/mol. The van der Waals surface area contributed by atoms with Gasteiger partial charge in [-0.15, -0.1) is 0 Å². The van der Waals surface area contributed by atoms with Crippen molar-refractivity contribution in [3.63, 3.8) is 0 Å². The van der Waals surface area contributed by atoms with Gasteiger partial charge in [0.15, 0.2) is 9.87 Å². The number of alkyl halides is 8. The Morgan fingerprint density at radius 1 is 0.583 bits per heavy atom. The number of ether oxygens (including phenoxy) is 2. The van der Waals surface area contributed by atoms with Crippen molar-refractivity contribution in [2.45, 2.75) is 72.8 Å². The summed E-state index contributed by atoms with van der Waals surface area (Å²) >= 11 is 1.90. The zero-order valence-corrected chi connectivity index (χ0v) is 24.4. The standard InChI is InChI=1S/C22H26F8O2S2Si2/c1-31-19-11(9-13(33-19)35(3,4)5)15-16(12-10-14(36(6,7)8)34-20(12,19)32-2)18(25,26)22(29,30)21(27,28)17(15,23)24/h9-10H,1-8H3. The van der Waals surface area contributed by atoms with E-state index in [9.17, 15) is 17.6 Å². The summed E-state index contributed by atoms with van der Waals surface area (Å²) in [6.45, 7) is 11.1. The van der Waals surface area contributed by atoms with Crippen molar-refractivity contribution in [1.82, 2.24) is 0 Å². The smallest absolute Gasteiger partial charge is 0.358 e. The molecule has 2 heterocycles. The van der Waals surface area contributed by atoms with Gasteiger partial charge in [-0.05, 0) is 21.2 Å². The summed E-state index contributed by atoms with van der Waals surface area (Å²) in [6.07, 6.45) is 2.31. The fourth-order valence-electron chi connectivity index (χ4n) is 4.83. The van der Waals surface area contributed by atoms with Gasteiger partial charge in [0.05, 0.1) is 16.1 Å². The van der Waals surface area contributed by atoms with Gasteiger partial charge in [0.25, 0.3) is 0 Å². The summed E-state index contributed by atoms with van der Waals surface area (Å²) in [4.78, 5) is -3.98. The van der Waals surface area contributed by atoms with Crippen LogP contribution in [0.25, 0.3) is 0 Å². The van der Waals surface area contributed by atoms with Crippen LogP contribution < -0.4 is 0 Å². The van der Waals surface area contributed by atoms with Crippen molar-refractivity contribution in [3.05, 3.63) is 43.5 Å². The molecule has 1 fully saturated rings. The lowest BCUT2D eigenvalue weighted by atomic mass is 9.68. The van der Waals surface area contributed by atoms with Crippen LogP contribution >= 0.6 is 23.5 Å². The summed E-state index contributed by atoms with van der Waals surface area (Å²) in [6, 6.07) is 0. The van der Waals surface area contributed by atoms with E-state index >= 15 is 17.6 Å². The predicted octanol–water partition coefficient (Wildman–Crippen LogP) is 7.85. The number of hydrogen-bond donors (Lipinski definition) is 0. The van der Waals surface area contributed by atoms with Gasteiger partial charge in [0.1, 0.15) is 0 Å². The zero-order chi connectivity index (χ0) is 27.7. The number of fused-ring (bicyclic) bond motifs is 4. The summed E-state index contributed by atoms with van der Waals surface area (Å²) in [7, 11) is -2.44. The molecule has 0 N–H and O–H groups in total. The molecule has 0 aromatic carbocycles. The van der Waals surface area contributed by atoms with E-state index in [0.29, 0.717) is 9.06 Å². The van der Waals surface area contributed by atoms with E-state index < -0.39 is 72.0 Å². The molecule has 2 aliphatic heterocycles. The second-order valence-electron chi connectivity index (χ2n) is 11.2. The summed E-state index contributed by atoms with van der Waals surface area (Å²) in [5.41, 5.74) is -4.96. The van der Waals surface area contributed by atoms with Crippen LogP contribution in [-0.2, 0) is 9.47 Å². The lowest BCUT2D eigenvalue weighted by molar-refractivity contribution is -0.361. The first kappa shape index (κ1) is 28.5. The highest BCUT2D eigenvalue weighted by molar-refractivity contribution is 8.11. The van der Waals surface area contributed by atoms with E-state index in [2.05, 4.69) is 0 Å². The molecule has 1 saturated carbocycles. The zero-order valence-electron chi connectivity index (χ0n) is 20.8. The summed E-state index contributed by atoms with van der Waals surface area (Å²) in [5, 5.41) is 0. The SMILES string of the molecule is COC12SC([Si](C)(C)C)=CC1=C1C(=C3C=C([Si](C)(C)C)SC32OC)C(F)(F)C(F)(F)C(F)(F)C1(F)F. The van der Waals surface area contributed by atoms with Gasteiger partial charge in [-0.2, -0.15) is 35.1 Å². The molecule has 0 aromatic rings. The molecule has 0 bridgehead atoms. The molecule has 4 aliphatic rings. The van der Waals surface area contributed by atoms with E-state index in [1.54, 1.807) is 0 Å². The maximum atomic E-state index is 15.5. The number of hydrogen-bond acceptors (Lipinski definition) is 4. The molecule has 0 radical (unpaired) electrons. The number of halogens is 8. The first-order valence-electron chi connectivity index (χ1n) is 11.0. The van der Waals surface area contributed by atoms with Gasteiger partial charge in [0.2, 0.25) is 0 Å². The highest BCUT2D eigenvalue weighted by atomic mass is 32.2. The molecule has 2 unspecified atom stereocenters. The molecule has 0 saturated heterocycles. The van der Waals surface area contributed by atoms with Gasteiger partial charge in [-0.3, -0.25) is 0 Å². The molecule has 0 amide bonds. The molecule has 4 rings (SSSR count). The van der Waals surface area contributed by atoms with E-state index in [1.807, 2.05) is 39.3 Å². The maximum Gasteiger partial charge on any atom is 0.382 e. The van der Waals surface area contributed by atoms with Crippen LogP contribution in [0.5, 0.6) is 0 Å². The first-order valence-corrected chi connectivity index (χ1v) is 19.6. The Kier molecular flexibility index (Phi) is 5.97. The number of allylic oxidation sites excluding steroid dienone is 2. The summed E-state index contributed by atoms with van der Waals surface area (Å²) in [5.74, 6) is -24.0. The van der Waals surface area contributed by atoms with Crippen LogP contribution in [0.15, 0.2) is 43.5 Å². The van der Waals surface area contributed by atoms with E-state index in [1.165, 1.54) is 0 Å². The topological polar surface area (TPSA) is 18.5 Å². The van der Waals surface area contributed by atoms with Crippen LogP contribution in [0.3, 0.4) is 0 Å². The minimum absolute atomic E-state index is 0.505. The quantitative estimate of drug-likeness (QED) is 0.244.